The number of nitrogens with zero attached hydrogens (tertiary/aromatic N) is 4. The second-order valence-electron chi connectivity index (χ2n) is 7.78. The molecule has 1 aliphatic heterocycles. The van der Waals surface area contributed by atoms with Gasteiger partial charge in [-0.05, 0) is 31.5 Å². The number of ether oxygens (including phenoxy) is 2. The van der Waals surface area contributed by atoms with Gasteiger partial charge < -0.3 is 19.7 Å². The maximum atomic E-state index is 13.5. The number of hydrogen-bond acceptors (Lipinski definition) is 8. The number of benzene rings is 1. The normalized spacial score (nSPS) is 18.0. The van der Waals surface area contributed by atoms with Gasteiger partial charge >= 0.3 is 0 Å². The fourth-order valence-electron chi connectivity index (χ4n) is 4.10. The van der Waals surface area contributed by atoms with Crippen molar-refractivity contribution in [3.63, 3.8) is 0 Å². The number of nitrogens with one attached hydrogen (secondary N) is 1. The number of hydrogen-bond donors (Lipinski definition) is 1. The second kappa shape index (κ2) is 10.1. The molecule has 4 rings (SSSR count). The van der Waals surface area contributed by atoms with E-state index < -0.39 is 0 Å². The highest BCUT2D eigenvalue weighted by Crippen LogP contribution is 2.31. The lowest BCUT2D eigenvalue weighted by atomic mass is 10.1. The molecule has 176 valence electrons. The average molecular weight is 490 g/mol. The van der Waals surface area contributed by atoms with Gasteiger partial charge in [0.1, 0.15) is 17.3 Å². The first-order valence-electron chi connectivity index (χ1n) is 10.9. The van der Waals surface area contributed by atoms with Gasteiger partial charge in [-0.25, -0.2) is 9.97 Å². The number of aromatic nitrogens is 3. The number of aryl methyl sites for hydroxylation is 1. The van der Waals surface area contributed by atoms with E-state index >= 15 is 0 Å². The van der Waals surface area contributed by atoms with Crippen LogP contribution in [0.2, 0.25) is 5.02 Å². The van der Waals surface area contributed by atoms with Crippen molar-refractivity contribution in [2.75, 3.05) is 37.0 Å². The van der Waals surface area contributed by atoms with Crippen LogP contribution in [0.25, 0.3) is 11.4 Å². The highest BCUT2D eigenvalue weighted by molar-refractivity contribution is 7.13. The summed E-state index contributed by atoms with van der Waals surface area (Å²) in [7, 11) is 3.30. The van der Waals surface area contributed by atoms with Crippen LogP contribution in [-0.4, -0.2) is 53.5 Å². The quantitative estimate of drug-likeness (QED) is 0.515. The molecule has 0 unspecified atom stereocenters. The molecule has 0 radical (unpaired) electrons. The minimum Gasteiger partial charge on any atom is -0.497 e. The van der Waals surface area contributed by atoms with Gasteiger partial charge in [0.25, 0.3) is 5.56 Å². The van der Waals surface area contributed by atoms with Crippen LogP contribution in [0, 0.1) is 0 Å². The maximum Gasteiger partial charge on any atom is 0.277 e. The zero-order valence-electron chi connectivity index (χ0n) is 19.2. The van der Waals surface area contributed by atoms with E-state index in [1.807, 2.05) is 31.4 Å². The van der Waals surface area contributed by atoms with Crippen LogP contribution in [-0.2, 0) is 18.2 Å². The third-order valence-corrected chi connectivity index (χ3v) is 6.93. The Balaban J connectivity index is 1.68. The summed E-state index contributed by atoms with van der Waals surface area (Å²) in [4.78, 5) is 24.9. The molecule has 2 aromatic heterocycles. The fraction of sp³-hybridized carbons (Fsp3) is 0.435. The van der Waals surface area contributed by atoms with Gasteiger partial charge in [0.2, 0.25) is 0 Å². The number of methoxy groups -OCH3 is 1. The van der Waals surface area contributed by atoms with Gasteiger partial charge in [-0.1, -0.05) is 18.5 Å². The molecule has 10 heteroatoms. The third-order valence-electron chi connectivity index (χ3n) is 5.78. The summed E-state index contributed by atoms with van der Waals surface area (Å²) in [5.74, 6) is 1.17. The summed E-state index contributed by atoms with van der Waals surface area (Å²) < 4.78 is 12.8. The van der Waals surface area contributed by atoms with Gasteiger partial charge in [0.05, 0.1) is 30.0 Å². The standard InChI is InChI=1S/C23H28ClN5O3S/c1-5-17-20(26-18-12-29(13-19(18)32-6-2)23-25-9-10-33-23)22(30)28(3)21(27-17)15-8-7-14(31-4)11-16(15)24/h7-11,18-19,26H,5-6,12-13H2,1-4H3/t18-,19-/m1/s1. The Hall–Kier alpha value is -2.62. The summed E-state index contributed by atoms with van der Waals surface area (Å²) in [5, 5.41) is 6.86. The molecule has 1 fully saturated rings. The lowest BCUT2D eigenvalue weighted by Gasteiger charge is -2.22. The predicted octanol–water partition coefficient (Wildman–Crippen LogP) is 3.83. The van der Waals surface area contributed by atoms with E-state index in [9.17, 15) is 4.79 Å². The van der Waals surface area contributed by atoms with E-state index in [0.29, 0.717) is 59.7 Å². The highest BCUT2D eigenvalue weighted by atomic mass is 35.5. The van der Waals surface area contributed by atoms with Crippen molar-refractivity contribution in [3.05, 3.63) is 50.8 Å². The molecule has 0 spiro atoms. The molecule has 1 saturated heterocycles. The molecule has 1 aromatic carbocycles. The lowest BCUT2D eigenvalue weighted by molar-refractivity contribution is 0.0720. The zero-order chi connectivity index (χ0) is 23.5. The average Bonchev–Trinajstić information content (AvgIpc) is 3.48. The van der Waals surface area contributed by atoms with E-state index in [1.165, 1.54) is 0 Å². The zero-order valence-corrected chi connectivity index (χ0v) is 20.7. The molecule has 1 aliphatic rings. The first-order chi connectivity index (χ1) is 16.0. The highest BCUT2D eigenvalue weighted by Gasteiger charge is 2.35. The topological polar surface area (TPSA) is 81.5 Å². The Kier molecular flexibility index (Phi) is 7.21. The van der Waals surface area contributed by atoms with Crippen LogP contribution in [0.15, 0.2) is 34.6 Å². The van der Waals surface area contributed by atoms with Gasteiger partial charge in [-0.2, -0.15) is 0 Å². The minimum atomic E-state index is -0.147. The van der Waals surface area contributed by atoms with Crippen molar-refractivity contribution >= 4 is 33.8 Å². The molecule has 3 heterocycles. The molecule has 33 heavy (non-hydrogen) atoms. The number of thiazole rings is 1. The van der Waals surface area contributed by atoms with E-state index in [4.69, 9.17) is 26.1 Å². The van der Waals surface area contributed by atoms with Crippen molar-refractivity contribution in [3.8, 4) is 17.1 Å². The predicted molar refractivity (Wildman–Crippen MR) is 133 cm³/mol. The fourth-order valence-corrected chi connectivity index (χ4v) is 5.02. The first kappa shape index (κ1) is 23.5. The molecule has 8 nitrogen and oxygen atoms in total. The third kappa shape index (κ3) is 4.71. The molecule has 0 amide bonds. The van der Waals surface area contributed by atoms with E-state index in [1.54, 1.807) is 42.3 Å². The maximum absolute atomic E-state index is 13.5. The van der Waals surface area contributed by atoms with Crippen molar-refractivity contribution in [1.82, 2.24) is 14.5 Å². The van der Waals surface area contributed by atoms with Crippen LogP contribution in [0.1, 0.15) is 19.5 Å². The van der Waals surface area contributed by atoms with Crippen molar-refractivity contribution < 1.29 is 9.47 Å². The summed E-state index contributed by atoms with van der Waals surface area (Å²) >= 11 is 8.08. The summed E-state index contributed by atoms with van der Waals surface area (Å²) in [6.07, 6.45) is 2.33. The van der Waals surface area contributed by atoms with Crippen LogP contribution in [0.4, 0.5) is 10.8 Å². The smallest absolute Gasteiger partial charge is 0.277 e. The number of rotatable bonds is 8. The van der Waals surface area contributed by atoms with Crippen LogP contribution in [0.5, 0.6) is 5.75 Å². The Morgan fingerprint density at radius 2 is 2.12 bits per heavy atom. The Morgan fingerprint density at radius 1 is 1.30 bits per heavy atom. The van der Waals surface area contributed by atoms with E-state index in [2.05, 4.69) is 15.2 Å². The van der Waals surface area contributed by atoms with Gasteiger partial charge in [-0.3, -0.25) is 9.36 Å². The van der Waals surface area contributed by atoms with Crippen LogP contribution < -0.4 is 20.5 Å². The summed E-state index contributed by atoms with van der Waals surface area (Å²) in [6, 6.07) is 5.29. The van der Waals surface area contributed by atoms with E-state index in [-0.39, 0.29) is 17.7 Å². The molecule has 2 atom stereocenters. The second-order valence-corrected chi connectivity index (χ2v) is 9.07. The number of halogens is 1. The molecule has 3 aromatic rings. The monoisotopic (exact) mass is 489 g/mol. The largest absolute Gasteiger partial charge is 0.497 e. The Morgan fingerprint density at radius 3 is 2.76 bits per heavy atom. The SMILES string of the molecule is CCO[C@@H]1CN(c2nccs2)C[C@H]1Nc1c(CC)nc(-c2ccc(OC)cc2Cl)n(C)c1=O. The number of anilines is 2. The molecular formula is C23H28ClN5O3S. The molecule has 0 aliphatic carbocycles. The molecule has 0 saturated carbocycles. The van der Waals surface area contributed by atoms with Gasteiger partial charge in [-0.15, -0.1) is 11.3 Å². The van der Waals surface area contributed by atoms with Gasteiger partial charge in [0, 0.05) is 43.9 Å². The molecule has 1 N–H and O–H groups in total. The first-order valence-corrected chi connectivity index (χ1v) is 12.2. The van der Waals surface area contributed by atoms with Crippen molar-refractivity contribution in [2.24, 2.45) is 7.05 Å². The van der Waals surface area contributed by atoms with Gasteiger partial charge in [0.15, 0.2) is 5.13 Å². The summed E-state index contributed by atoms with van der Waals surface area (Å²) in [6.45, 7) is 5.97. The van der Waals surface area contributed by atoms with Crippen LogP contribution >= 0.6 is 22.9 Å². The van der Waals surface area contributed by atoms with Crippen LogP contribution in [0.3, 0.4) is 0 Å². The lowest BCUT2D eigenvalue weighted by Crippen LogP contribution is -2.38. The molecular weight excluding hydrogens is 462 g/mol. The Labute approximate surface area is 202 Å². The van der Waals surface area contributed by atoms with Crippen molar-refractivity contribution in [1.29, 1.82) is 0 Å². The molecule has 0 bridgehead atoms. The Bertz CT molecular complexity index is 1170. The minimum absolute atomic E-state index is 0.0657. The van der Waals surface area contributed by atoms with Crippen molar-refractivity contribution in [2.45, 2.75) is 32.4 Å². The van der Waals surface area contributed by atoms with E-state index in [0.717, 1.165) is 5.13 Å². The summed E-state index contributed by atoms with van der Waals surface area (Å²) in [5.41, 5.74) is 1.74.